The van der Waals surface area contributed by atoms with Gasteiger partial charge in [0.2, 0.25) is 0 Å². The van der Waals surface area contributed by atoms with Crippen molar-refractivity contribution in [2.24, 2.45) is 4.99 Å². The van der Waals surface area contributed by atoms with Crippen LogP contribution in [0.15, 0.2) is 27.8 Å². The molecule has 1 aliphatic heterocycles. The van der Waals surface area contributed by atoms with Crippen molar-refractivity contribution in [3.63, 3.8) is 0 Å². The lowest BCUT2D eigenvalue weighted by atomic mass is 10.1. The summed E-state index contributed by atoms with van der Waals surface area (Å²) in [5.41, 5.74) is 1.56. The van der Waals surface area contributed by atoms with E-state index in [1.54, 1.807) is 6.20 Å². The third kappa shape index (κ3) is 1.76. The van der Waals surface area contributed by atoms with E-state index >= 15 is 0 Å². The average Bonchev–Trinajstić information content (AvgIpc) is 2.69. The number of nitrogens with zero attached hydrogens (tertiary/aromatic N) is 3. The molecule has 1 N–H and O–H groups in total. The van der Waals surface area contributed by atoms with Crippen LogP contribution in [0.2, 0.25) is 0 Å². The standard InChI is InChI=1S/C10H10N4S/c1-6-8(5-11)7(2)14-9(13-6)10-12-3-4-15-10/h3-4,6H,1-2H3,(H,13,14). The van der Waals surface area contributed by atoms with Gasteiger partial charge in [0, 0.05) is 17.3 Å². The number of amidine groups is 1. The van der Waals surface area contributed by atoms with Crippen LogP contribution >= 0.6 is 11.3 Å². The fraction of sp³-hybridized carbons (Fsp3) is 0.300. The molecule has 4 nitrogen and oxygen atoms in total. The Morgan fingerprint density at radius 3 is 2.93 bits per heavy atom. The molecule has 0 saturated carbocycles. The van der Waals surface area contributed by atoms with Gasteiger partial charge in [-0.3, -0.25) is 4.99 Å². The van der Waals surface area contributed by atoms with Gasteiger partial charge in [0.05, 0.1) is 17.7 Å². The lowest BCUT2D eigenvalue weighted by Gasteiger charge is -2.19. The van der Waals surface area contributed by atoms with Crippen LogP contribution in [0.4, 0.5) is 0 Å². The van der Waals surface area contributed by atoms with Crippen LogP contribution in [-0.2, 0) is 0 Å². The number of nitrogens with one attached hydrogen (secondary N) is 1. The molecule has 1 aromatic heterocycles. The van der Waals surface area contributed by atoms with Gasteiger partial charge >= 0.3 is 0 Å². The molecular formula is C10H10N4S. The molecule has 0 saturated heterocycles. The summed E-state index contributed by atoms with van der Waals surface area (Å²) in [6.45, 7) is 3.80. The maximum atomic E-state index is 8.92. The molecule has 0 aromatic carbocycles. The summed E-state index contributed by atoms with van der Waals surface area (Å²) >= 11 is 1.53. The first-order valence-corrected chi connectivity index (χ1v) is 5.46. The Bertz CT molecular complexity index is 464. The van der Waals surface area contributed by atoms with Crippen molar-refractivity contribution in [2.45, 2.75) is 19.9 Å². The highest BCUT2D eigenvalue weighted by Gasteiger charge is 2.20. The first kappa shape index (κ1) is 9.87. The first-order valence-electron chi connectivity index (χ1n) is 4.58. The van der Waals surface area contributed by atoms with Crippen molar-refractivity contribution < 1.29 is 0 Å². The summed E-state index contributed by atoms with van der Waals surface area (Å²) in [5, 5.41) is 14.8. The van der Waals surface area contributed by atoms with Crippen LogP contribution in [0.3, 0.4) is 0 Å². The number of thiazole rings is 1. The average molecular weight is 218 g/mol. The van der Waals surface area contributed by atoms with Gasteiger partial charge in [-0.25, -0.2) is 4.98 Å². The lowest BCUT2D eigenvalue weighted by molar-refractivity contribution is 0.820. The molecule has 15 heavy (non-hydrogen) atoms. The predicted molar refractivity (Wildman–Crippen MR) is 59.6 cm³/mol. The zero-order valence-corrected chi connectivity index (χ0v) is 9.30. The minimum Gasteiger partial charge on any atom is -0.341 e. The van der Waals surface area contributed by atoms with Crippen molar-refractivity contribution in [3.05, 3.63) is 27.9 Å². The molecule has 0 aliphatic carbocycles. The largest absolute Gasteiger partial charge is 0.341 e. The molecule has 1 aliphatic rings. The normalized spacial score (nSPS) is 20.6. The molecule has 2 rings (SSSR count). The molecule has 0 amide bonds. The number of rotatable bonds is 1. The number of aromatic nitrogens is 1. The number of nitriles is 1. The van der Waals surface area contributed by atoms with E-state index in [2.05, 4.69) is 21.4 Å². The van der Waals surface area contributed by atoms with Gasteiger partial charge in [0.15, 0.2) is 10.8 Å². The smallest absolute Gasteiger partial charge is 0.162 e. The van der Waals surface area contributed by atoms with Gasteiger partial charge in [-0.2, -0.15) is 5.26 Å². The summed E-state index contributed by atoms with van der Waals surface area (Å²) in [7, 11) is 0. The van der Waals surface area contributed by atoms with Crippen molar-refractivity contribution in [3.8, 4) is 6.07 Å². The van der Waals surface area contributed by atoms with E-state index in [0.29, 0.717) is 5.57 Å². The van der Waals surface area contributed by atoms with Crippen LogP contribution < -0.4 is 5.32 Å². The van der Waals surface area contributed by atoms with Crippen LogP contribution in [-0.4, -0.2) is 16.9 Å². The highest BCUT2D eigenvalue weighted by Crippen LogP contribution is 2.17. The van der Waals surface area contributed by atoms with Crippen molar-refractivity contribution in [2.75, 3.05) is 0 Å². The summed E-state index contributed by atoms with van der Waals surface area (Å²) in [6.07, 6.45) is 1.74. The molecule has 1 atom stereocenters. The third-order valence-corrected chi connectivity index (χ3v) is 2.99. The van der Waals surface area contributed by atoms with Crippen molar-refractivity contribution >= 4 is 17.2 Å². The Kier molecular flexibility index (Phi) is 2.52. The number of hydrogen-bond acceptors (Lipinski definition) is 5. The maximum absolute atomic E-state index is 8.92. The van der Waals surface area contributed by atoms with E-state index in [0.717, 1.165) is 16.5 Å². The molecule has 76 valence electrons. The van der Waals surface area contributed by atoms with Gasteiger partial charge in [0.25, 0.3) is 0 Å². The van der Waals surface area contributed by atoms with Gasteiger partial charge in [-0.05, 0) is 13.8 Å². The van der Waals surface area contributed by atoms with Gasteiger partial charge in [0.1, 0.15) is 0 Å². The van der Waals surface area contributed by atoms with E-state index in [1.807, 2.05) is 19.2 Å². The Labute approximate surface area is 92.0 Å². The molecular weight excluding hydrogens is 208 g/mol. The van der Waals surface area contributed by atoms with Crippen molar-refractivity contribution in [1.29, 1.82) is 5.26 Å². The van der Waals surface area contributed by atoms with Gasteiger partial charge in [-0.1, -0.05) is 0 Å². The monoisotopic (exact) mass is 218 g/mol. The quantitative estimate of drug-likeness (QED) is 0.780. The zero-order chi connectivity index (χ0) is 10.8. The summed E-state index contributed by atoms with van der Waals surface area (Å²) in [5.74, 6) is 0.758. The lowest BCUT2D eigenvalue weighted by Crippen LogP contribution is -2.31. The highest BCUT2D eigenvalue weighted by molar-refractivity contribution is 7.11. The zero-order valence-electron chi connectivity index (χ0n) is 8.48. The van der Waals surface area contributed by atoms with E-state index in [9.17, 15) is 0 Å². The third-order valence-electron chi connectivity index (χ3n) is 2.21. The molecule has 2 heterocycles. The number of aliphatic imine (C=N–C) groups is 1. The van der Waals surface area contributed by atoms with E-state index in [4.69, 9.17) is 5.26 Å². The van der Waals surface area contributed by atoms with Crippen LogP contribution in [0.1, 0.15) is 18.9 Å². The Balaban J connectivity index is 2.33. The Hall–Kier alpha value is -1.67. The van der Waals surface area contributed by atoms with E-state index < -0.39 is 0 Å². The fourth-order valence-corrected chi connectivity index (χ4v) is 2.06. The molecule has 0 radical (unpaired) electrons. The second-order valence-corrected chi connectivity index (χ2v) is 4.16. The molecule has 1 aromatic rings. The Morgan fingerprint density at radius 1 is 1.60 bits per heavy atom. The molecule has 0 bridgehead atoms. The molecule has 0 fully saturated rings. The van der Waals surface area contributed by atoms with E-state index in [-0.39, 0.29) is 6.04 Å². The van der Waals surface area contributed by atoms with E-state index in [1.165, 1.54) is 11.3 Å². The van der Waals surface area contributed by atoms with Gasteiger partial charge in [-0.15, -0.1) is 11.3 Å². The minimum absolute atomic E-state index is 0.0878. The molecule has 5 heteroatoms. The number of allylic oxidation sites excluding steroid dienone is 1. The topological polar surface area (TPSA) is 61.1 Å². The van der Waals surface area contributed by atoms with Gasteiger partial charge < -0.3 is 5.32 Å². The van der Waals surface area contributed by atoms with Crippen LogP contribution in [0.5, 0.6) is 0 Å². The first-order chi connectivity index (χ1) is 7.22. The Morgan fingerprint density at radius 2 is 2.40 bits per heavy atom. The maximum Gasteiger partial charge on any atom is 0.162 e. The van der Waals surface area contributed by atoms with Crippen LogP contribution in [0, 0.1) is 11.3 Å². The van der Waals surface area contributed by atoms with Crippen molar-refractivity contribution in [1.82, 2.24) is 10.3 Å². The predicted octanol–water partition coefficient (Wildman–Crippen LogP) is 1.68. The second-order valence-electron chi connectivity index (χ2n) is 3.27. The SMILES string of the molecule is CC1=C(C#N)C(C)N=C(c2nccs2)N1. The van der Waals surface area contributed by atoms with Crippen LogP contribution in [0.25, 0.3) is 0 Å². The highest BCUT2D eigenvalue weighted by atomic mass is 32.1. The summed E-state index contributed by atoms with van der Waals surface area (Å²) < 4.78 is 0. The fourth-order valence-electron chi connectivity index (χ4n) is 1.48. The number of hydrogen-bond donors (Lipinski definition) is 1. The second kappa shape index (κ2) is 3.83. The minimum atomic E-state index is -0.0878. The molecule has 1 unspecified atom stereocenters. The molecule has 0 spiro atoms. The summed E-state index contributed by atoms with van der Waals surface area (Å²) in [6, 6.07) is 2.07. The summed E-state index contributed by atoms with van der Waals surface area (Å²) in [4.78, 5) is 8.58.